The van der Waals surface area contributed by atoms with Crippen LogP contribution in [0.5, 0.6) is 0 Å². The molecule has 6 heteroatoms. The smallest absolute Gasteiger partial charge is 0.319 e. The molecule has 1 atom stereocenters. The molecule has 1 spiro atoms. The topological polar surface area (TPSA) is 69.7 Å². The van der Waals surface area contributed by atoms with Gasteiger partial charge in [0.25, 0.3) is 5.91 Å². The molecule has 27 heavy (non-hydrogen) atoms. The van der Waals surface area contributed by atoms with Crippen LogP contribution in [0.15, 0.2) is 54.6 Å². The number of hydrogen-bond donors (Lipinski definition) is 1. The van der Waals surface area contributed by atoms with Crippen molar-refractivity contribution in [3.05, 3.63) is 65.7 Å². The Bertz CT molecular complexity index is 912. The number of benzene rings is 2. The zero-order valence-electron chi connectivity index (χ0n) is 15.1. The molecule has 2 aromatic carbocycles. The van der Waals surface area contributed by atoms with Crippen LogP contribution in [-0.4, -0.2) is 36.3 Å². The number of imide groups is 1. The van der Waals surface area contributed by atoms with E-state index in [1.54, 1.807) is 7.05 Å². The number of fused-ring (bicyclic) bond motifs is 2. The Balaban J connectivity index is 1.59. The van der Waals surface area contributed by atoms with E-state index in [2.05, 4.69) is 5.32 Å². The molecule has 1 fully saturated rings. The highest BCUT2D eigenvalue weighted by Crippen LogP contribution is 2.39. The van der Waals surface area contributed by atoms with Crippen molar-refractivity contribution in [3.63, 3.8) is 0 Å². The first-order valence-corrected chi connectivity index (χ1v) is 9.07. The van der Waals surface area contributed by atoms with Crippen LogP contribution in [0.1, 0.15) is 24.0 Å². The molecular formula is C21H21N3O3. The maximum atomic E-state index is 13.2. The third-order valence-electron chi connectivity index (χ3n) is 5.46. The van der Waals surface area contributed by atoms with Crippen molar-refractivity contribution in [2.24, 2.45) is 0 Å². The number of aryl methyl sites for hydroxylation is 1. The number of hydrogen-bond acceptors (Lipinski definition) is 3. The van der Waals surface area contributed by atoms with E-state index >= 15 is 0 Å². The van der Waals surface area contributed by atoms with Crippen LogP contribution in [0, 0.1) is 0 Å². The molecule has 0 bridgehead atoms. The van der Waals surface area contributed by atoms with Crippen LogP contribution in [0.25, 0.3) is 0 Å². The average Bonchev–Trinajstić information content (AvgIpc) is 2.93. The van der Waals surface area contributed by atoms with Gasteiger partial charge in [-0.2, -0.15) is 0 Å². The van der Waals surface area contributed by atoms with Crippen molar-refractivity contribution in [3.8, 4) is 0 Å². The van der Waals surface area contributed by atoms with Gasteiger partial charge in [-0.3, -0.25) is 14.5 Å². The largest absolute Gasteiger partial charge is 0.325 e. The highest BCUT2D eigenvalue weighted by Gasteiger charge is 2.54. The molecule has 1 heterocycles. The first-order valence-electron chi connectivity index (χ1n) is 9.07. The Morgan fingerprint density at radius 1 is 1.11 bits per heavy atom. The Kier molecular flexibility index (Phi) is 4.18. The van der Waals surface area contributed by atoms with Crippen molar-refractivity contribution in [2.45, 2.75) is 24.8 Å². The summed E-state index contributed by atoms with van der Waals surface area (Å²) in [6, 6.07) is 16.3. The molecule has 6 nitrogen and oxygen atoms in total. The first-order chi connectivity index (χ1) is 13.0. The minimum Gasteiger partial charge on any atom is -0.319 e. The molecule has 0 aromatic heterocycles. The molecule has 138 valence electrons. The number of nitrogens with one attached hydrogen (secondary N) is 1. The number of nitrogens with zero attached hydrogens (tertiary/aromatic N) is 2. The zero-order valence-corrected chi connectivity index (χ0v) is 15.1. The lowest BCUT2D eigenvalue weighted by molar-refractivity contribution is -0.135. The first kappa shape index (κ1) is 17.3. The van der Waals surface area contributed by atoms with E-state index in [1.165, 1.54) is 4.90 Å². The second-order valence-corrected chi connectivity index (χ2v) is 7.03. The molecule has 1 aliphatic carbocycles. The average molecular weight is 363 g/mol. The van der Waals surface area contributed by atoms with Crippen molar-refractivity contribution in [1.82, 2.24) is 10.2 Å². The van der Waals surface area contributed by atoms with Gasteiger partial charge in [-0.25, -0.2) is 4.79 Å². The van der Waals surface area contributed by atoms with Crippen LogP contribution >= 0.6 is 0 Å². The van der Waals surface area contributed by atoms with E-state index in [1.807, 2.05) is 54.6 Å². The number of carbonyl (C=O) groups excluding carboxylic acids is 3. The molecule has 0 saturated carbocycles. The lowest BCUT2D eigenvalue weighted by Gasteiger charge is -2.33. The Morgan fingerprint density at radius 3 is 2.59 bits per heavy atom. The maximum absolute atomic E-state index is 13.2. The zero-order chi connectivity index (χ0) is 19.0. The summed E-state index contributed by atoms with van der Waals surface area (Å²) in [5.74, 6) is -0.652. The minimum atomic E-state index is -1.04. The second-order valence-electron chi connectivity index (χ2n) is 7.03. The third-order valence-corrected chi connectivity index (χ3v) is 5.46. The summed E-state index contributed by atoms with van der Waals surface area (Å²) >= 11 is 0. The number of rotatable bonds is 3. The van der Waals surface area contributed by atoms with Gasteiger partial charge in [-0.05, 0) is 42.5 Å². The SMILES string of the molecule is CN(C(=O)CN1C(=O)NC2(CCCc3ccccc32)C1=O)c1ccccc1. The number of likely N-dealkylation sites (N-methyl/N-ethyl adjacent to an activating group) is 1. The number of carbonyl (C=O) groups is 3. The number of urea groups is 1. The van der Waals surface area contributed by atoms with Gasteiger partial charge in [0.1, 0.15) is 12.1 Å². The van der Waals surface area contributed by atoms with E-state index in [9.17, 15) is 14.4 Å². The highest BCUT2D eigenvalue weighted by atomic mass is 16.2. The fourth-order valence-corrected chi connectivity index (χ4v) is 3.99. The van der Waals surface area contributed by atoms with Crippen molar-refractivity contribution < 1.29 is 14.4 Å². The van der Waals surface area contributed by atoms with Gasteiger partial charge >= 0.3 is 6.03 Å². The molecule has 1 N–H and O–H groups in total. The summed E-state index contributed by atoms with van der Waals surface area (Å²) in [6.45, 7) is -0.278. The van der Waals surface area contributed by atoms with Crippen molar-refractivity contribution >= 4 is 23.5 Å². The fourth-order valence-electron chi connectivity index (χ4n) is 3.99. The lowest BCUT2D eigenvalue weighted by Crippen LogP contribution is -2.47. The second kappa shape index (κ2) is 6.54. The monoisotopic (exact) mass is 363 g/mol. The molecule has 2 aliphatic rings. The van der Waals surface area contributed by atoms with Crippen molar-refractivity contribution in [1.29, 1.82) is 0 Å². The predicted molar refractivity (Wildman–Crippen MR) is 101 cm³/mol. The van der Waals surface area contributed by atoms with E-state index in [4.69, 9.17) is 0 Å². The van der Waals surface area contributed by atoms with Gasteiger partial charge in [0.05, 0.1) is 0 Å². The predicted octanol–water partition coefficient (Wildman–Crippen LogP) is 2.43. The van der Waals surface area contributed by atoms with Gasteiger partial charge in [-0.1, -0.05) is 42.5 Å². The number of anilines is 1. The summed E-state index contributed by atoms with van der Waals surface area (Å²) in [6.07, 6.45) is 2.25. The summed E-state index contributed by atoms with van der Waals surface area (Å²) in [5, 5.41) is 2.88. The Hall–Kier alpha value is -3.15. The normalized spacial score (nSPS) is 21.1. The van der Waals surface area contributed by atoms with E-state index in [-0.39, 0.29) is 18.4 Å². The summed E-state index contributed by atoms with van der Waals surface area (Å²) in [7, 11) is 1.64. The van der Waals surface area contributed by atoms with Crippen LogP contribution in [0.4, 0.5) is 10.5 Å². The van der Waals surface area contributed by atoms with Gasteiger partial charge < -0.3 is 10.2 Å². The van der Waals surface area contributed by atoms with E-state index in [0.29, 0.717) is 12.1 Å². The Labute approximate surface area is 157 Å². The number of para-hydroxylation sites is 1. The molecule has 1 unspecified atom stereocenters. The molecule has 4 amide bonds. The third kappa shape index (κ3) is 2.77. The van der Waals surface area contributed by atoms with Crippen molar-refractivity contribution in [2.75, 3.05) is 18.5 Å². The molecule has 4 rings (SSSR count). The van der Waals surface area contributed by atoms with E-state index in [0.717, 1.165) is 28.9 Å². The standard InChI is InChI=1S/C21H21N3O3/c1-23(16-10-3-2-4-11-16)18(25)14-24-19(26)21(22-20(24)27)13-7-9-15-8-5-6-12-17(15)21/h2-6,8,10-12H,7,9,13-14H2,1H3,(H,22,27). The van der Waals surface area contributed by atoms with Crippen LogP contribution < -0.4 is 10.2 Å². The quantitative estimate of drug-likeness (QED) is 0.852. The van der Waals surface area contributed by atoms with Gasteiger partial charge in [-0.15, -0.1) is 0 Å². The van der Waals surface area contributed by atoms with Crippen LogP contribution in [0.2, 0.25) is 0 Å². The highest BCUT2D eigenvalue weighted by molar-refractivity contribution is 6.10. The molecular weight excluding hydrogens is 342 g/mol. The minimum absolute atomic E-state index is 0.278. The summed E-state index contributed by atoms with van der Waals surface area (Å²) in [4.78, 5) is 41.0. The van der Waals surface area contributed by atoms with Crippen LogP contribution in [0.3, 0.4) is 0 Å². The maximum Gasteiger partial charge on any atom is 0.325 e. The van der Waals surface area contributed by atoms with E-state index < -0.39 is 11.6 Å². The van der Waals surface area contributed by atoms with Gasteiger partial charge in [0.15, 0.2) is 0 Å². The number of amides is 4. The Morgan fingerprint density at radius 2 is 1.81 bits per heavy atom. The molecule has 2 aromatic rings. The molecule has 1 saturated heterocycles. The van der Waals surface area contributed by atoms with Crippen LogP contribution in [-0.2, 0) is 21.5 Å². The summed E-state index contributed by atoms with van der Waals surface area (Å²) in [5.41, 5.74) is 1.59. The molecule has 0 radical (unpaired) electrons. The summed E-state index contributed by atoms with van der Waals surface area (Å²) < 4.78 is 0. The fraction of sp³-hybridized carbons (Fsp3) is 0.286. The molecule has 1 aliphatic heterocycles. The van der Waals surface area contributed by atoms with Gasteiger partial charge in [0, 0.05) is 12.7 Å². The lowest BCUT2D eigenvalue weighted by atomic mass is 9.76. The van der Waals surface area contributed by atoms with Gasteiger partial charge in [0.2, 0.25) is 5.91 Å².